The van der Waals surface area contributed by atoms with Crippen LogP contribution in [0.15, 0.2) is 29.2 Å². The molecule has 0 saturated heterocycles. The number of nitrogens with zero attached hydrogens (tertiary/aromatic N) is 3. The first-order valence-corrected chi connectivity index (χ1v) is 12.4. The van der Waals surface area contributed by atoms with Crippen molar-refractivity contribution < 1.29 is 4.21 Å². The van der Waals surface area contributed by atoms with Gasteiger partial charge in [-0.25, -0.2) is 0 Å². The van der Waals surface area contributed by atoms with E-state index >= 15 is 0 Å². The Hall–Kier alpha value is -1.49. The molecule has 1 heterocycles. The Morgan fingerprint density at radius 1 is 1.04 bits per heavy atom. The van der Waals surface area contributed by atoms with Crippen molar-refractivity contribution in [3.63, 3.8) is 0 Å². The standard InChI is InChI=1S/C23H33N3OS/c1-4-5-8-11-22-12-15-23(16-13-22,17-14-22)21-25-24-20(26(21)2)18-9-6-7-10-19(18)28(3)27/h6-7,9-10H,4-5,8,11-17H2,1-3H3. The van der Waals surface area contributed by atoms with Crippen LogP contribution in [0.3, 0.4) is 0 Å². The van der Waals surface area contributed by atoms with Gasteiger partial charge in [-0.05, 0) is 62.5 Å². The van der Waals surface area contributed by atoms with Crippen LogP contribution in [0.25, 0.3) is 11.4 Å². The van der Waals surface area contributed by atoms with Crippen molar-refractivity contribution in [1.29, 1.82) is 0 Å². The lowest BCUT2D eigenvalue weighted by atomic mass is 9.52. The summed E-state index contributed by atoms with van der Waals surface area (Å²) in [5, 5.41) is 9.27. The van der Waals surface area contributed by atoms with E-state index in [4.69, 9.17) is 5.10 Å². The van der Waals surface area contributed by atoms with Crippen molar-refractivity contribution in [2.45, 2.75) is 81.4 Å². The molecular weight excluding hydrogens is 366 g/mol. The first kappa shape index (κ1) is 19.8. The fraction of sp³-hybridized carbons (Fsp3) is 0.652. The van der Waals surface area contributed by atoms with Crippen LogP contribution in [0.4, 0.5) is 0 Å². The van der Waals surface area contributed by atoms with E-state index in [0.717, 1.165) is 22.1 Å². The number of benzene rings is 1. The van der Waals surface area contributed by atoms with Crippen LogP contribution in [0.2, 0.25) is 0 Å². The maximum atomic E-state index is 12.2. The van der Waals surface area contributed by atoms with Crippen LogP contribution in [0.1, 0.15) is 77.0 Å². The summed E-state index contributed by atoms with van der Waals surface area (Å²) in [6, 6.07) is 7.88. The molecule has 5 rings (SSSR count). The maximum absolute atomic E-state index is 12.2. The van der Waals surface area contributed by atoms with Crippen LogP contribution >= 0.6 is 0 Å². The Morgan fingerprint density at radius 3 is 2.36 bits per heavy atom. The molecule has 0 spiro atoms. The number of aromatic nitrogens is 3. The van der Waals surface area contributed by atoms with Crippen LogP contribution in [-0.4, -0.2) is 25.2 Å². The van der Waals surface area contributed by atoms with Gasteiger partial charge < -0.3 is 4.57 Å². The normalized spacial score (nSPS) is 27.8. The van der Waals surface area contributed by atoms with Gasteiger partial charge in [-0.15, -0.1) is 10.2 Å². The quantitative estimate of drug-likeness (QED) is 0.586. The zero-order valence-corrected chi connectivity index (χ0v) is 18.4. The molecule has 0 radical (unpaired) electrons. The molecule has 1 atom stereocenters. The minimum Gasteiger partial charge on any atom is -0.314 e. The highest BCUT2D eigenvalue weighted by Gasteiger charge is 2.51. The summed E-state index contributed by atoms with van der Waals surface area (Å²) in [5.74, 6) is 1.99. The molecule has 5 heteroatoms. The number of hydrogen-bond acceptors (Lipinski definition) is 3. The Balaban J connectivity index is 1.59. The van der Waals surface area contributed by atoms with Gasteiger partial charge in [0.25, 0.3) is 0 Å². The summed E-state index contributed by atoms with van der Waals surface area (Å²) in [6.07, 6.45) is 15.0. The van der Waals surface area contributed by atoms with Crippen LogP contribution in [0, 0.1) is 5.41 Å². The third kappa shape index (κ3) is 3.36. The molecule has 1 unspecified atom stereocenters. The molecule has 0 N–H and O–H groups in total. The Morgan fingerprint density at radius 2 is 1.71 bits per heavy atom. The zero-order chi connectivity index (χ0) is 19.8. The van der Waals surface area contributed by atoms with Crippen LogP contribution in [-0.2, 0) is 23.3 Å². The molecule has 0 amide bonds. The van der Waals surface area contributed by atoms with Crippen molar-refractivity contribution in [3.8, 4) is 11.4 Å². The summed E-state index contributed by atoms with van der Waals surface area (Å²) >= 11 is 0. The molecule has 3 fully saturated rings. The fourth-order valence-electron chi connectivity index (χ4n) is 5.65. The van der Waals surface area contributed by atoms with Crippen LogP contribution in [0.5, 0.6) is 0 Å². The van der Waals surface area contributed by atoms with E-state index in [1.807, 2.05) is 24.3 Å². The SMILES string of the molecule is CCCCCC12CCC(c3nnc(-c4ccccc4S(C)=O)n3C)(CC1)CC2. The molecule has 4 nitrogen and oxygen atoms in total. The van der Waals surface area contributed by atoms with Crippen LogP contribution < -0.4 is 0 Å². The van der Waals surface area contributed by atoms with Crippen molar-refractivity contribution in [2.75, 3.05) is 6.26 Å². The van der Waals surface area contributed by atoms with Gasteiger partial charge >= 0.3 is 0 Å². The number of fused-ring (bicyclic) bond motifs is 3. The molecule has 1 aromatic heterocycles. The summed E-state index contributed by atoms with van der Waals surface area (Å²) in [4.78, 5) is 0.837. The van der Waals surface area contributed by atoms with Gasteiger partial charge in [-0.3, -0.25) is 4.21 Å². The van der Waals surface area contributed by atoms with Gasteiger partial charge in [0.2, 0.25) is 0 Å². The van der Waals surface area contributed by atoms with E-state index in [1.54, 1.807) is 6.26 Å². The van der Waals surface area contributed by atoms with Crippen molar-refractivity contribution in [3.05, 3.63) is 30.1 Å². The summed E-state index contributed by atoms with van der Waals surface area (Å²) in [6.45, 7) is 2.29. The molecule has 2 bridgehead atoms. The first-order valence-electron chi connectivity index (χ1n) is 10.8. The predicted molar refractivity (Wildman–Crippen MR) is 115 cm³/mol. The second-order valence-electron chi connectivity index (χ2n) is 9.09. The molecule has 152 valence electrons. The highest BCUT2D eigenvalue weighted by molar-refractivity contribution is 7.84. The van der Waals surface area contributed by atoms with E-state index in [1.165, 1.54) is 64.2 Å². The Labute approximate surface area is 171 Å². The first-order chi connectivity index (χ1) is 13.5. The van der Waals surface area contributed by atoms with Gasteiger partial charge in [0, 0.05) is 29.2 Å². The maximum Gasteiger partial charge on any atom is 0.164 e. The second kappa shape index (κ2) is 7.74. The van der Waals surface area contributed by atoms with E-state index in [-0.39, 0.29) is 5.41 Å². The number of unbranched alkanes of at least 4 members (excludes halogenated alkanes) is 2. The van der Waals surface area contributed by atoms with E-state index < -0.39 is 10.8 Å². The van der Waals surface area contributed by atoms with Crippen molar-refractivity contribution in [2.24, 2.45) is 12.5 Å². The van der Waals surface area contributed by atoms with Gasteiger partial charge in [0.15, 0.2) is 5.82 Å². The second-order valence-corrected chi connectivity index (χ2v) is 10.4. The van der Waals surface area contributed by atoms with E-state index in [2.05, 4.69) is 23.6 Å². The highest BCUT2D eigenvalue weighted by atomic mass is 32.2. The third-order valence-electron chi connectivity index (χ3n) is 7.50. The highest BCUT2D eigenvalue weighted by Crippen LogP contribution is 2.59. The summed E-state index contributed by atoms with van der Waals surface area (Å²) in [7, 11) is 1.05. The third-order valence-corrected chi connectivity index (χ3v) is 8.47. The van der Waals surface area contributed by atoms with Gasteiger partial charge in [-0.1, -0.05) is 38.3 Å². The van der Waals surface area contributed by atoms with Crippen molar-refractivity contribution in [1.82, 2.24) is 14.8 Å². The molecule has 28 heavy (non-hydrogen) atoms. The van der Waals surface area contributed by atoms with Crippen molar-refractivity contribution >= 4 is 10.8 Å². The average molecular weight is 400 g/mol. The lowest BCUT2D eigenvalue weighted by Crippen LogP contribution is -2.45. The lowest BCUT2D eigenvalue weighted by molar-refractivity contribution is 0.0250. The minimum absolute atomic E-state index is 0.187. The van der Waals surface area contributed by atoms with E-state index in [9.17, 15) is 4.21 Å². The molecule has 1 aromatic carbocycles. The zero-order valence-electron chi connectivity index (χ0n) is 17.5. The van der Waals surface area contributed by atoms with Gasteiger partial charge in [-0.2, -0.15) is 0 Å². The Bertz CT molecular complexity index is 848. The smallest absolute Gasteiger partial charge is 0.164 e. The molecule has 0 aliphatic heterocycles. The number of rotatable bonds is 7. The monoisotopic (exact) mass is 399 g/mol. The molecular formula is C23H33N3OS. The molecule has 3 aliphatic rings. The fourth-order valence-corrected chi connectivity index (χ4v) is 6.39. The van der Waals surface area contributed by atoms with E-state index in [0.29, 0.717) is 5.41 Å². The number of hydrogen-bond donors (Lipinski definition) is 0. The summed E-state index contributed by atoms with van der Waals surface area (Å²) in [5.41, 5.74) is 1.73. The average Bonchev–Trinajstić information content (AvgIpc) is 3.11. The minimum atomic E-state index is -1.04. The lowest BCUT2D eigenvalue weighted by Gasteiger charge is -2.53. The molecule has 3 aliphatic carbocycles. The largest absolute Gasteiger partial charge is 0.314 e. The van der Waals surface area contributed by atoms with Gasteiger partial charge in [0.1, 0.15) is 5.82 Å². The molecule has 3 saturated carbocycles. The Kier molecular flexibility index (Phi) is 5.47. The predicted octanol–water partition coefficient (Wildman–Crippen LogP) is 5.39. The molecule has 2 aromatic rings. The summed E-state index contributed by atoms with van der Waals surface area (Å²) < 4.78 is 14.4. The topological polar surface area (TPSA) is 47.8 Å². The van der Waals surface area contributed by atoms with Gasteiger partial charge in [0.05, 0.1) is 10.8 Å².